The van der Waals surface area contributed by atoms with E-state index in [0.29, 0.717) is 11.1 Å². The van der Waals surface area contributed by atoms with Gasteiger partial charge in [0.25, 0.3) is 21.6 Å². The Kier molecular flexibility index (Phi) is 5.16. The number of sulfonamides is 1. The number of para-hydroxylation sites is 1. The standard InChI is InChI=1S/C18H15FN4O5S/c1-11-9-13(10-17(12(11)2)23(25)26)29(27,28)21-18(24)15-7-8-22(20-15)16-6-4-3-5-14(16)19/h3-10H,1-2H3,(H,21,24). The van der Waals surface area contributed by atoms with Crippen molar-refractivity contribution in [3.05, 3.63) is 81.4 Å². The lowest BCUT2D eigenvalue weighted by Gasteiger charge is -2.09. The van der Waals surface area contributed by atoms with E-state index in [9.17, 15) is 27.7 Å². The maximum absolute atomic E-state index is 13.8. The number of benzene rings is 2. The highest BCUT2D eigenvalue weighted by molar-refractivity contribution is 7.90. The maximum atomic E-state index is 13.8. The number of halogens is 1. The molecule has 3 aromatic rings. The highest BCUT2D eigenvalue weighted by atomic mass is 32.2. The van der Waals surface area contributed by atoms with E-state index in [1.54, 1.807) is 6.07 Å². The van der Waals surface area contributed by atoms with E-state index in [1.165, 1.54) is 50.4 Å². The molecule has 0 aliphatic rings. The summed E-state index contributed by atoms with van der Waals surface area (Å²) in [6.07, 6.45) is 1.31. The van der Waals surface area contributed by atoms with Crippen molar-refractivity contribution >= 4 is 21.6 Å². The molecule has 1 heterocycles. The Bertz CT molecular complexity index is 1240. The lowest BCUT2D eigenvalue weighted by atomic mass is 10.1. The fourth-order valence-corrected chi connectivity index (χ4v) is 3.67. The molecule has 9 nitrogen and oxygen atoms in total. The maximum Gasteiger partial charge on any atom is 0.285 e. The number of amides is 1. The van der Waals surface area contributed by atoms with Crippen molar-refractivity contribution in [2.24, 2.45) is 0 Å². The number of hydrogen-bond donors (Lipinski definition) is 1. The molecular formula is C18H15FN4O5S. The highest BCUT2D eigenvalue weighted by Gasteiger charge is 2.25. The van der Waals surface area contributed by atoms with Crippen LogP contribution in [0.5, 0.6) is 0 Å². The third kappa shape index (κ3) is 3.99. The topological polar surface area (TPSA) is 124 Å². The summed E-state index contributed by atoms with van der Waals surface area (Å²) in [5.74, 6) is -1.63. The molecule has 0 bridgehead atoms. The van der Waals surface area contributed by atoms with E-state index < -0.39 is 31.6 Å². The molecule has 1 N–H and O–H groups in total. The van der Waals surface area contributed by atoms with Crippen LogP contribution in [0.3, 0.4) is 0 Å². The van der Waals surface area contributed by atoms with Crippen molar-refractivity contribution in [1.29, 1.82) is 0 Å². The zero-order valence-electron chi connectivity index (χ0n) is 15.3. The first-order chi connectivity index (χ1) is 13.6. The average molecular weight is 418 g/mol. The molecule has 1 aromatic heterocycles. The van der Waals surface area contributed by atoms with Gasteiger partial charge in [0, 0.05) is 17.8 Å². The number of rotatable bonds is 5. The number of nitro groups is 1. The Morgan fingerprint density at radius 2 is 1.90 bits per heavy atom. The van der Waals surface area contributed by atoms with Gasteiger partial charge in [-0.1, -0.05) is 12.1 Å². The van der Waals surface area contributed by atoms with Crippen molar-refractivity contribution in [2.75, 3.05) is 0 Å². The summed E-state index contributed by atoms with van der Waals surface area (Å²) in [6.45, 7) is 3.02. The van der Waals surface area contributed by atoms with Gasteiger partial charge in [-0.3, -0.25) is 14.9 Å². The van der Waals surface area contributed by atoms with Crippen LogP contribution in [0, 0.1) is 29.8 Å². The van der Waals surface area contributed by atoms with Gasteiger partial charge in [-0.2, -0.15) is 5.10 Å². The van der Waals surface area contributed by atoms with Crippen LogP contribution >= 0.6 is 0 Å². The van der Waals surface area contributed by atoms with E-state index >= 15 is 0 Å². The number of nitrogens with zero attached hydrogens (tertiary/aromatic N) is 3. The molecule has 0 aliphatic carbocycles. The Balaban J connectivity index is 1.89. The summed E-state index contributed by atoms with van der Waals surface area (Å²) in [7, 11) is -4.39. The number of carbonyl (C=O) groups is 1. The largest absolute Gasteiger partial charge is 0.285 e. The summed E-state index contributed by atoms with van der Waals surface area (Å²) in [6, 6.07) is 9.07. The molecule has 0 saturated heterocycles. The first kappa shape index (κ1) is 20.1. The Labute approximate surface area is 165 Å². The third-order valence-corrected chi connectivity index (χ3v) is 5.58. The molecule has 150 valence electrons. The van der Waals surface area contributed by atoms with Crippen molar-refractivity contribution in [3.8, 4) is 5.69 Å². The summed E-state index contributed by atoms with van der Waals surface area (Å²) in [4.78, 5) is 22.4. The van der Waals surface area contributed by atoms with E-state index in [1.807, 2.05) is 4.72 Å². The predicted molar refractivity (Wildman–Crippen MR) is 101 cm³/mol. The van der Waals surface area contributed by atoms with Crippen molar-refractivity contribution in [3.63, 3.8) is 0 Å². The van der Waals surface area contributed by atoms with Crippen molar-refractivity contribution in [2.45, 2.75) is 18.7 Å². The van der Waals surface area contributed by atoms with Crippen LogP contribution in [0.25, 0.3) is 5.69 Å². The van der Waals surface area contributed by atoms with E-state index in [0.717, 1.165) is 10.7 Å². The van der Waals surface area contributed by atoms with Gasteiger partial charge in [0.2, 0.25) is 0 Å². The molecule has 0 unspecified atom stereocenters. The lowest BCUT2D eigenvalue weighted by Crippen LogP contribution is -2.31. The van der Waals surface area contributed by atoms with Crippen LogP contribution < -0.4 is 4.72 Å². The summed E-state index contributed by atoms with van der Waals surface area (Å²) >= 11 is 0. The molecule has 11 heteroatoms. The molecule has 0 atom stereocenters. The molecule has 2 aromatic carbocycles. The van der Waals surface area contributed by atoms with E-state index in [4.69, 9.17) is 0 Å². The SMILES string of the molecule is Cc1cc(S(=O)(=O)NC(=O)c2ccn(-c3ccccc3F)n2)cc([N+](=O)[O-])c1C. The summed E-state index contributed by atoms with van der Waals surface area (Å²) < 4.78 is 41.8. The van der Waals surface area contributed by atoms with Crippen molar-refractivity contribution in [1.82, 2.24) is 14.5 Å². The molecule has 29 heavy (non-hydrogen) atoms. The number of aromatic nitrogens is 2. The van der Waals surface area contributed by atoms with Crippen LogP contribution in [-0.4, -0.2) is 29.0 Å². The Hall–Kier alpha value is -3.60. The first-order valence-corrected chi connectivity index (χ1v) is 9.72. The van der Waals surface area contributed by atoms with Crippen LogP contribution in [0.1, 0.15) is 21.6 Å². The summed E-state index contributed by atoms with van der Waals surface area (Å²) in [5.41, 5.74) is 0.149. The average Bonchev–Trinajstić information content (AvgIpc) is 3.13. The van der Waals surface area contributed by atoms with E-state index in [-0.39, 0.29) is 17.1 Å². The van der Waals surface area contributed by atoms with Gasteiger partial charge in [-0.15, -0.1) is 0 Å². The second kappa shape index (κ2) is 7.43. The molecule has 0 spiro atoms. The number of hydrogen-bond acceptors (Lipinski definition) is 6. The number of nitro benzene ring substituents is 1. The van der Waals surface area contributed by atoms with Gasteiger partial charge >= 0.3 is 0 Å². The normalized spacial score (nSPS) is 11.3. The van der Waals surface area contributed by atoms with Crippen LogP contribution in [0.4, 0.5) is 10.1 Å². The fraction of sp³-hybridized carbons (Fsp3) is 0.111. The minimum Gasteiger partial charge on any atom is -0.266 e. The quantitative estimate of drug-likeness (QED) is 0.502. The lowest BCUT2D eigenvalue weighted by molar-refractivity contribution is -0.385. The molecule has 0 fully saturated rings. The fourth-order valence-electron chi connectivity index (χ4n) is 2.60. The zero-order valence-corrected chi connectivity index (χ0v) is 16.1. The van der Waals surface area contributed by atoms with Gasteiger partial charge in [0.15, 0.2) is 5.69 Å². The molecule has 0 aliphatic heterocycles. The highest BCUT2D eigenvalue weighted by Crippen LogP contribution is 2.26. The third-order valence-electron chi connectivity index (χ3n) is 4.27. The second-order valence-corrected chi connectivity index (χ2v) is 7.86. The van der Waals surface area contributed by atoms with Crippen LogP contribution in [0.2, 0.25) is 0 Å². The van der Waals surface area contributed by atoms with Crippen molar-refractivity contribution < 1.29 is 22.5 Å². The Morgan fingerprint density at radius 3 is 2.55 bits per heavy atom. The molecule has 0 saturated carbocycles. The first-order valence-electron chi connectivity index (χ1n) is 8.23. The smallest absolute Gasteiger partial charge is 0.266 e. The zero-order chi connectivity index (χ0) is 21.3. The molecule has 1 amide bonds. The second-order valence-electron chi connectivity index (χ2n) is 6.17. The molecule has 0 radical (unpaired) electrons. The minimum absolute atomic E-state index is 0.0826. The summed E-state index contributed by atoms with van der Waals surface area (Å²) in [5, 5.41) is 15.0. The number of aryl methyl sites for hydroxylation is 1. The van der Waals surface area contributed by atoms with E-state index in [2.05, 4.69) is 5.10 Å². The van der Waals surface area contributed by atoms with Gasteiger partial charge in [-0.05, 0) is 43.7 Å². The minimum atomic E-state index is -4.39. The van der Waals surface area contributed by atoms with Gasteiger partial charge < -0.3 is 0 Å². The monoisotopic (exact) mass is 418 g/mol. The van der Waals surface area contributed by atoms with Gasteiger partial charge in [0.05, 0.1) is 9.82 Å². The van der Waals surface area contributed by atoms with Gasteiger partial charge in [-0.25, -0.2) is 22.2 Å². The van der Waals surface area contributed by atoms with Crippen LogP contribution in [0.15, 0.2) is 53.6 Å². The molecule has 3 rings (SSSR count). The van der Waals surface area contributed by atoms with Crippen LogP contribution in [-0.2, 0) is 10.0 Å². The number of carbonyl (C=O) groups excluding carboxylic acids is 1. The Morgan fingerprint density at radius 1 is 1.21 bits per heavy atom. The van der Waals surface area contributed by atoms with Gasteiger partial charge in [0.1, 0.15) is 11.5 Å². The molecular weight excluding hydrogens is 403 g/mol. The number of nitrogens with one attached hydrogen (secondary N) is 1. The predicted octanol–water partition coefficient (Wildman–Crippen LogP) is 2.66.